The van der Waals surface area contributed by atoms with Crippen LogP contribution in [0.15, 0.2) is 55.1 Å². The van der Waals surface area contributed by atoms with E-state index in [1.807, 2.05) is 18.2 Å². The fourth-order valence-corrected chi connectivity index (χ4v) is 2.48. The first-order valence-corrected chi connectivity index (χ1v) is 7.39. The summed E-state index contributed by atoms with van der Waals surface area (Å²) in [5.74, 6) is 0.0630. The third-order valence-electron chi connectivity index (χ3n) is 3.61. The molecule has 1 amide bonds. The van der Waals surface area contributed by atoms with Gasteiger partial charge < -0.3 is 5.32 Å². The molecule has 1 aromatic heterocycles. The quantitative estimate of drug-likeness (QED) is 0.760. The molecular weight excluding hydrogens is 276 g/mol. The first kappa shape index (κ1) is 14.3. The molecule has 2 aromatic carbocycles. The summed E-state index contributed by atoms with van der Waals surface area (Å²) in [5, 5.41) is 9.38. The second-order valence-electron chi connectivity index (χ2n) is 5.18. The third-order valence-corrected chi connectivity index (χ3v) is 3.61. The van der Waals surface area contributed by atoms with Gasteiger partial charge in [-0.15, -0.1) is 0 Å². The predicted octanol–water partition coefficient (Wildman–Crippen LogP) is 2.53. The zero-order chi connectivity index (χ0) is 15.2. The number of aryl methyl sites for hydroxylation is 1. The van der Waals surface area contributed by atoms with Crippen LogP contribution in [0.2, 0.25) is 0 Å². The Morgan fingerprint density at radius 2 is 2.00 bits per heavy atom. The Balaban J connectivity index is 1.52. The van der Waals surface area contributed by atoms with Crippen LogP contribution in [0.1, 0.15) is 18.4 Å². The Bertz CT molecular complexity index is 747. The molecule has 0 aliphatic heterocycles. The number of hydrogen-bond donors (Lipinski definition) is 1. The van der Waals surface area contributed by atoms with Crippen molar-refractivity contribution in [2.45, 2.75) is 25.9 Å². The average molecular weight is 294 g/mol. The van der Waals surface area contributed by atoms with Gasteiger partial charge in [0.15, 0.2) is 0 Å². The maximum atomic E-state index is 11.9. The number of carbonyl (C=O) groups is 1. The summed E-state index contributed by atoms with van der Waals surface area (Å²) < 4.78 is 1.73. The van der Waals surface area contributed by atoms with E-state index < -0.39 is 0 Å². The molecule has 0 atom stereocenters. The number of carbonyl (C=O) groups excluding carboxylic acids is 1. The van der Waals surface area contributed by atoms with Gasteiger partial charge in [0.25, 0.3) is 0 Å². The molecule has 3 aromatic rings. The highest BCUT2D eigenvalue weighted by Crippen LogP contribution is 2.18. The minimum Gasteiger partial charge on any atom is -0.352 e. The first-order valence-electron chi connectivity index (χ1n) is 7.39. The van der Waals surface area contributed by atoms with Gasteiger partial charge >= 0.3 is 0 Å². The Morgan fingerprint density at radius 3 is 2.86 bits per heavy atom. The normalized spacial score (nSPS) is 10.7. The van der Waals surface area contributed by atoms with E-state index in [0.717, 1.165) is 12.0 Å². The van der Waals surface area contributed by atoms with Gasteiger partial charge in [-0.1, -0.05) is 42.5 Å². The maximum absolute atomic E-state index is 11.9. The summed E-state index contributed by atoms with van der Waals surface area (Å²) >= 11 is 0. The lowest BCUT2D eigenvalue weighted by Gasteiger charge is -2.08. The van der Waals surface area contributed by atoms with E-state index in [1.54, 1.807) is 11.0 Å². The Labute approximate surface area is 129 Å². The number of hydrogen-bond acceptors (Lipinski definition) is 3. The Morgan fingerprint density at radius 1 is 1.14 bits per heavy atom. The van der Waals surface area contributed by atoms with E-state index in [0.29, 0.717) is 19.5 Å². The number of rotatable bonds is 6. The highest BCUT2D eigenvalue weighted by molar-refractivity contribution is 5.86. The second-order valence-corrected chi connectivity index (χ2v) is 5.18. The van der Waals surface area contributed by atoms with E-state index in [9.17, 15) is 4.79 Å². The van der Waals surface area contributed by atoms with Crippen LogP contribution in [0.3, 0.4) is 0 Å². The van der Waals surface area contributed by atoms with Crippen molar-refractivity contribution in [2.75, 3.05) is 0 Å². The van der Waals surface area contributed by atoms with Gasteiger partial charge in [0.2, 0.25) is 5.91 Å². The molecule has 1 N–H and O–H groups in total. The lowest BCUT2D eigenvalue weighted by Crippen LogP contribution is -2.23. The molecule has 0 fully saturated rings. The molecule has 0 saturated carbocycles. The van der Waals surface area contributed by atoms with E-state index in [1.165, 1.54) is 17.1 Å². The summed E-state index contributed by atoms with van der Waals surface area (Å²) in [6, 6.07) is 14.4. The molecule has 22 heavy (non-hydrogen) atoms. The predicted molar refractivity (Wildman–Crippen MR) is 85.1 cm³/mol. The van der Waals surface area contributed by atoms with Crippen LogP contribution in [-0.4, -0.2) is 20.7 Å². The van der Waals surface area contributed by atoms with Gasteiger partial charge in [-0.3, -0.25) is 9.48 Å². The molecular formula is C17H18N4O. The van der Waals surface area contributed by atoms with Gasteiger partial charge in [-0.05, 0) is 22.8 Å². The summed E-state index contributed by atoms with van der Waals surface area (Å²) in [7, 11) is 0. The Hall–Kier alpha value is -2.69. The second kappa shape index (κ2) is 6.85. The van der Waals surface area contributed by atoms with E-state index in [2.05, 4.69) is 39.7 Å². The SMILES string of the molecule is O=C(CCCn1cncn1)NCc1cccc2ccccc12. The summed E-state index contributed by atoms with van der Waals surface area (Å²) in [6.45, 7) is 1.27. The zero-order valence-corrected chi connectivity index (χ0v) is 12.3. The van der Waals surface area contributed by atoms with Crippen molar-refractivity contribution in [2.24, 2.45) is 0 Å². The molecule has 0 aliphatic rings. The zero-order valence-electron chi connectivity index (χ0n) is 12.3. The molecule has 0 radical (unpaired) electrons. The minimum absolute atomic E-state index is 0.0630. The smallest absolute Gasteiger partial charge is 0.220 e. The molecule has 5 heteroatoms. The van der Waals surface area contributed by atoms with Crippen LogP contribution < -0.4 is 5.32 Å². The van der Waals surface area contributed by atoms with Gasteiger partial charge in [-0.25, -0.2) is 4.98 Å². The van der Waals surface area contributed by atoms with Crippen molar-refractivity contribution < 1.29 is 4.79 Å². The monoisotopic (exact) mass is 294 g/mol. The lowest BCUT2D eigenvalue weighted by atomic mass is 10.0. The molecule has 1 heterocycles. The Kier molecular flexibility index (Phi) is 4.44. The summed E-state index contributed by atoms with van der Waals surface area (Å²) in [5.41, 5.74) is 1.14. The minimum atomic E-state index is 0.0630. The van der Waals surface area contributed by atoms with Gasteiger partial charge in [0, 0.05) is 19.5 Å². The fourth-order valence-electron chi connectivity index (χ4n) is 2.48. The third kappa shape index (κ3) is 3.49. The standard InChI is InChI=1S/C17H18N4O/c22-17(9-4-10-21-13-18-12-20-21)19-11-15-7-3-6-14-5-1-2-8-16(14)15/h1-3,5-8,12-13H,4,9-11H2,(H,19,22). The van der Waals surface area contributed by atoms with Crippen LogP contribution in [0.25, 0.3) is 10.8 Å². The maximum Gasteiger partial charge on any atom is 0.220 e. The van der Waals surface area contributed by atoms with Crippen LogP contribution in [-0.2, 0) is 17.9 Å². The van der Waals surface area contributed by atoms with Crippen molar-refractivity contribution in [1.82, 2.24) is 20.1 Å². The van der Waals surface area contributed by atoms with Crippen molar-refractivity contribution >= 4 is 16.7 Å². The largest absolute Gasteiger partial charge is 0.352 e. The van der Waals surface area contributed by atoms with Crippen LogP contribution in [0, 0.1) is 0 Å². The van der Waals surface area contributed by atoms with Gasteiger partial charge in [-0.2, -0.15) is 5.10 Å². The van der Waals surface area contributed by atoms with Gasteiger partial charge in [0.1, 0.15) is 12.7 Å². The molecule has 0 aliphatic carbocycles. The van der Waals surface area contributed by atoms with E-state index in [-0.39, 0.29) is 5.91 Å². The summed E-state index contributed by atoms with van der Waals surface area (Å²) in [4.78, 5) is 15.8. The van der Waals surface area contributed by atoms with Gasteiger partial charge in [0.05, 0.1) is 0 Å². The van der Waals surface area contributed by atoms with Crippen molar-refractivity contribution in [3.8, 4) is 0 Å². The number of nitrogens with one attached hydrogen (secondary N) is 1. The molecule has 0 saturated heterocycles. The number of nitrogens with zero attached hydrogens (tertiary/aromatic N) is 3. The number of amides is 1. The summed E-state index contributed by atoms with van der Waals surface area (Å²) in [6.07, 6.45) is 4.41. The molecule has 0 spiro atoms. The molecule has 0 bridgehead atoms. The molecule has 3 rings (SSSR count). The van der Waals surface area contributed by atoms with Crippen LogP contribution >= 0.6 is 0 Å². The topological polar surface area (TPSA) is 59.8 Å². The fraction of sp³-hybridized carbons (Fsp3) is 0.235. The van der Waals surface area contributed by atoms with Crippen molar-refractivity contribution in [3.05, 3.63) is 60.7 Å². The van der Waals surface area contributed by atoms with Crippen LogP contribution in [0.5, 0.6) is 0 Å². The number of benzene rings is 2. The number of aromatic nitrogens is 3. The lowest BCUT2D eigenvalue weighted by molar-refractivity contribution is -0.121. The molecule has 0 unspecified atom stereocenters. The average Bonchev–Trinajstić information content (AvgIpc) is 3.06. The highest BCUT2D eigenvalue weighted by Gasteiger charge is 2.04. The molecule has 112 valence electrons. The highest BCUT2D eigenvalue weighted by atomic mass is 16.1. The number of fused-ring (bicyclic) bond motifs is 1. The van der Waals surface area contributed by atoms with E-state index >= 15 is 0 Å². The first-order chi connectivity index (χ1) is 10.8. The molecule has 5 nitrogen and oxygen atoms in total. The van der Waals surface area contributed by atoms with Crippen LogP contribution in [0.4, 0.5) is 0 Å². The van der Waals surface area contributed by atoms with Crippen molar-refractivity contribution in [3.63, 3.8) is 0 Å². The van der Waals surface area contributed by atoms with E-state index in [4.69, 9.17) is 0 Å². The van der Waals surface area contributed by atoms with Crippen molar-refractivity contribution in [1.29, 1.82) is 0 Å².